The molecule has 0 aromatic rings. The number of amides is 1. The standard InChI is InChI=1S/C9H5F3N2O3S2/c10-9(11,12)17-3-1-16-2-4(18)5(3)6-7(15)14-8(19)13-6/h1H,2H2,(H2,13,14,15,19). The summed E-state index contributed by atoms with van der Waals surface area (Å²) in [4.78, 5) is 11.6. The molecule has 1 saturated heterocycles. The minimum Gasteiger partial charge on any atom is -0.492 e. The first kappa shape index (κ1) is 13.7. The molecule has 1 amide bonds. The van der Waals surface area contributed by atoms with Crippen LogP contribution in [0.2, 0.25) is 0 Å². The first-order valence-corrected chi connectivity index (χ1v) is 5.57. The van der Waals surface area contributed by atoms with E-state index in [1.165, 1.54) is 0 Å². The maximum atomic E-state index is 12.3. The molecule has 102 valence electrons. The molecule has 19 heavy (non-hydrogen) atoms. The molecule has 0 aliphatic carbocycles. The van der Waals surface area contributed by atoms with Crippen LogP contribution in [0.25, 0.3) is 0 Å². The van der Waals surface area contributed by atoms with Crippen molar-refractivity contribution in [1.29, 1.82) is 0 Å². The van der Waals surface area contributed by atoms with Crippen LogP contribution in [0.15, 0.2) is 23.3 Å². The van der Waals surface area contributed by atoms with Crippen LogP contribution in [0.3, 0.4) is 0 Å². The number of ether oxygens (including phenoxy) is 2. The van der Waals surface area contributed by atoms with Gasteiger partial charge in [-0.15, -0.1) is 13.2 Å². The molecule has 0 radical (unpaired) electrons. The lowest BCUT2D eigenvalue weighted by atomic mass is 10.1. The van der Waals surface area contributed by atoms with Crippen molar-refractivity contribution in [3.63, 3.8) is 0 Å². The van der Waals surface area contributed by atoms with Gasteiger partial charge in [0.05, 0.1) is 10.4 Å². The zero-order valence-electron chi connectivity index (χ0n) is 8.96. The summed E-state index contributed by atoms with van der Waals surface area (Å²) in [6.07, 6.45) is -4.18. The highest BCUT2D eigenvalue weighted by Crippen LogP contribution is 2.29. The van der Waals surface area contributed by atoms with Gasteiger partial charge in [-0.25, -0.2) is 0 Å². The molecule has 0 aromatic heterocycles. The van der Waals surface area contributed by atoms with E-state index in [0.29, 0.717) is 0 Å². The number of hydrogen-bond acceptors (Lipinski definition) is 5. The summed E-state index contributed by atoms with van der Waals surface area (Å²) in [5, 5.41) is 4.65. The number of carbonyl (C=O) groups is 1. The van der Waals surface area contributed by atoms with Gasteiger partial charge in [0, 0.05) is 0 Å². The van der Waals surface area contributed by atoms with E-state index >= 15 is 0 Å². The maximum absolute atomic E-state index is 12.3. The minimum absolute atomic E-state index is 0.00380. The van der Waals surface area contributed by atoms with Gasteiger partial charge in [0.1, 0.15) is 18.6 Å². The molecule has 0 aromatic carbocycles. The molecule has 5 nitrogen and oxygen atoms in total. The van der Waals surface area contributed by atoms with Crippen molar-refractivity contribution in [1.82, 2.24) is 10.6 Å². The van der Waals surface area contributed by atoms with Crippen molar-refractivity contribution in [3.05, 3.63) is 23.3 Å². The molecule has 2 N–H and O–H groups in total. The fourth-order valence-corrected chi connectivity index (χ4v) is 1.93. The Hall–Kier alpha value is -1.68. The Morgan fingerprint density at radius 3 is 2.53 bits per heavy atom. The number of nitrogens with one attached hydrogen (secondary N) is 2. The molecule has 0 bridgehead atoms. The first-order chi connectivity index (χ1) is 8.78. The van der Waals surface area contributed by atoms with E-state index < -0.39 is 18.0 Å². The normalized spacial score (nSPS) is 23.5. The number of rotatable bonds is 1. The van der Waals surface area contributed by atoms with Crippen LogP contribution in [-0.4, -0.2) is 28.9 Å². The maximum Gasteiger partial charge on any atom is 0.573 e. The van der Waals surface area contributed by atoms with E-state index in [4.69, 9.17) is 29.2 Å². The minimum atomic E-state index is -4.93. The molecule has 2 heterocycles. The third-order valence-electron chi connectivity index (χ3n) is 2.10. The Balaban J connectivity index is 2.44. The van der Waals surface area contributed by atoms with E-state index in [9.17, 15) is 18.0 Å². The van der Waals surface area contributed by atoms with Crippen molar-refractivity contribution in [3.8, 4) is 0 Å². The van der Waals surface area contributed by atoms with Gasteiger partial charge in [-0.3, -0.25) is 10.1 Å². The molecule has 2 rings (SSSR count). The number of carbonyl (C=O) groups excluding carboxylic acids is 1. The second kappa shape index (κ2) is 4.78. The summed E-state index contributed by atoms with van der Waals surface area (Å²) in [5.41, 5.74) is -0.371. The van der Waals surface area contributed by atoms with Crippen LogP contribution in [0.5, 0.6) is 0 Å². The highest BCUT2D eigenvalue weighted by atomic mass is 32.1. The smallest absolute Gasteiger partial charge is 0.492 e. The van der Waals surface area contributed by atoms with E-state index in [2.05, 4.69) is 15.4 Å². The van der Waals surface area contributed by atoms with E-state index in [0.717, 1.165) is 6.26 Å². The van der Waals surface area contributed by atoms with Crippen molar-refractivity contribution < 1.29 is 27.4 Å². The van der Waals surface area contributed by atoms with E-state index in [-0.39, 0.29) is 27.9 Å². The van der Waals surface area contributed by atoms with Crippen LogP contribution in [0.4, 0.5) is 13.2 Å². The largest absolute Gasteiger partial charge is 0.573 e. The fourth-order valence-electron chi connectivity index (χ4n) is 1.47. The van der Waals surface area contributed by atoms with Gasteiger partial charge in [0.25, 0.3) is 5.91 Å². The molecular weight excluding hydrogens is 305 g/mol. The van der Waals surface area contributed by atoms with Crippen LogP contribution in [0, 0.1) is 0 Å². The van der Waals surface area contributed by atoms with Crippen molar-refractivity contribution in [2.45, 2.75) is 6.36 Å². The van der Waals surface area contributed by atoms with Gasteiger partial charge in [0.15, 0.2) is 10.9 Å². The van der Waals surface area contributed by atoms with Gasteiger partial charge in [-0.1, -0.05) is 12.2 Å². The number of alkyl halides is 3. The summed E-state index contributed by atoms with van der Waals surface area (Å²) >= 11 is 9.58. The molecule has 10 heteroatoms. The molecule has 0 spiro atoms. The molecule has 1 fully saturated rings. The number of hydrogen-bond donors (Lipinski definition) is 2. The molecule has 0 saturated carbocycles. The van der Waals surface area contributed by atoms with Crippen molar-refractivity contribution in [2.75, 3.05) is 6.61 Å². The Morgan fingerprint density at radius 1 is 1.32 bits per heavy atom. The zero-order valence-corrected chi connectivity index (χ0v) is 10.6. The number of halogens is 3. The van der Waals surface area contributed by atoms with Gasteiger partial charge in [-0.2, -0.15) is 0 Å². The summed E-state index contributed by atoms with van der Waals surface area (Å²) in [7, 11) is 0. The Labute approximate surface area is 115 Å². The second-order valence-electron chi connectivity index (χ2n) is 3.42. The van der Waals surface area contributed by atoms with E-state index in [1.54, 1.807) is 0 Å². The summed E-state index contributed by atoms with van der Waals surface area (Å²) in [5.74, 6) is -1.37. The Kier molecular flexibility index (Phi) is 3.45. The SMILES string of the molecule is O=C1NC(=S)NC1=C1C(=S)COC=C1OC(F)(F)F. The van der Waals surface area contributed by atoms with Crippen LogP contribution in [0.1, 0.15) is 0 Å². The summed E-state index contributed by atoms with van der Waals surface area (Å²) in [6, 6.07) is 0. The topological polar surface area (TPSA) is 59.6 Å². The molecular formula is C9H5F3N2O3S2. The quantitative estimate of drug-likeness (QED) is 0.557. The fraction of sp³-hybridized carbons (Fsp3) is 0.222. The lowest BCUT2D eigenvalue weighted by molar-refractivity contribution is -0.304. The van der Waals surface area contributed by atoms with E-state index in [1.807, 2.05) is 0 Å². The second-order valence-corrected chi connectivity index (χ2v) is 4.32. The van der Waals surface area contributed by atoms with Crippen LogP contribution in [-0.2, 0) is 14.3 Å². The molecule has 0 atom stereocenters. The zero-order chi connectivity index (χ0) is 14.2. The molecule has 0 unspecified atom stereocenters. The number of thiocarbonyl (C=S) groups is 2. The molecule has 2 aliphatic heterocycles. The summed E-state index contributed by atoms with van der Waals surface area (Å²) < 4.78 is 45.3. The monoisotopic (exact) mass is 310 g/mol. The highest BCUT2D eigenvalue weighted by Gasteiger charge is 2.38. The Morgan fingerprint density at radius 2 is 2.00 bits per heavy atom. The average molecular weight is 310 g/mol. The predicted molar refractivity (Wildman–Crippen MR) is 64.7 cm³/mol. The first-order valence-electron chi connectivity index (χ1n) is 4.75. The lowest BCUT2D eigenvalue weighted by Crippen LogP contribution is -2.26. The van der Waals surface area contributed by atoms with Gasteiger partial charge >= 0.3 is 6.36 Å². The Bertz CT molecular complexity index is 539. The molecule has 2 aliphatic rings. The predicted octanol–water partition coefficient (Wildman–Crippen LogP) is 1.02. The third-order valence-corrected chi connectivity index (χ3v) is 2.62. The van der Waals surface area contributed by atoms with Crippen molar-refractivity contribution in [2.24, 2.45) is 0 Å². The summed E-state index contributed by atoms with van der Waals surface area (Å²) in [6.45, 7) is -0.124. The highest BCUT2D eigenvalue weighted by molar-refractivity contribution is 7.81. The van der Waals surface area contributed by atoms with Gasteiger partial charge < -0.3 is 14.8 Å². The third kappa shape index (κ3) is 3.01. The van der Waals surface area contributed by atoms with Crippen LogP contribution >= 0.6 is 24.4 Å². The van der Waals surface area contributed by atoms with Crippen LogP contribution < -0.4 is 10.6 Å². The van der Waals surface area contributed by atoms with Gasteiger partial charge in [-0.05, 0) is 12.2 Å². The van der Waals surface area contributed by atoms with Gasteiger partial charge in [0.2, 0.25) is 0 Å². The average Bonchev–Trinajstić information content (AvgIpc) is 2.55. The number of allylic oxidation sites excluding steroid dienone is 1. The lowest BCUT2D eigenvalue weighted by Gasteiger charge is -2.21. The van der Waals surface area contributed by atoms with Crippen molar-refractivity contribution >= 4 is 40.3 Å².